The lowest BCUT2D eigenvalue weighted by atomic mass is 10.2. The molecule has 0 radical (unpaired) electrons. The number of piperazine rings is 1. The van der Waals surface area contributed by atoms with Crippen LogP contribution in [-0.4, -0.2) is 36.3 Å². The first-order chi connectivity index (χ1) is 8.66. The summed E-state index contributed by atoms with van der Waals surface area (Å²) < 4.78 is 13.3. The summed E-state index contributed by atoms with van der Waals surface area (Å²) in [5, 5.41) is 2.63. The minimum atomic E-state index is -0.377. The van der Waals surface area contributed by atoms with Gasteiger partial charge in [0.15, 0.2) is 0 Å². The molecule has 18 heavy (non-hydrogen) atoms. The number of hydrogen-bond acceptors (Lipinski definition) is 2. The summed E-state index contributed by atoms with van der Waals surface area (Å²) in [5.41, 5.74) is 0.354. The summed E-state index contributed by atoms with van der Waals surface area (Å²) in [6.45, 7) is 0.991. The van der Waals surface area contributed by atoms with Crippen LogP contribution in [0.3, 0.4) is 0 Å². The van der Waals surface area contributed by atoms with Crippen molar-refractivity contribution in [1.82, 2.24) is 10.2 Å². The van der Waals surface area contributed by atoms with E-state index in [2.05, 4.69) is 5.32 Å². The highest BCUT2D eigenvalue weighted by atomic mass is 19.1. The second kappa shape index (κ2) is 5.44. The van der Waals surface area contributed by atoms with Crippen LogP contribution in [0.1, 0.15) is 5.56 Å². The fourth-order valence-corrected chi connectivity index (χ4v) is 1.70. The lowest BCUT2D eigenvalue weighted by Gasteiger charge is -2.25. The summed E-state index contributed by atoms with van der Waals surface area (Å²) >= 11 is 0. The Balaban J connectivity index is 2.03. The predicted molar refractivity (Wildman–Crippen MR) is 65.0 cm³/mol. The molecule has 4 nitrogen and oxygen atoms in total. The van der Waals surface area contributed by atoms with Crippen molar-refractivity contribution in [3.05, 3.63) is 41.7 Å². The second-order valence-electron chi connectivity index (χ2n) is 3.96. The monoisotopic (exact) mass is 248 g/mol. The number of amides is 2. The van der Waals surface area contributed by atoms with Crippen LogP contribution in [0.15, 0.2) is 30.3 Å². The molecule has 1 heterocycles. The Morgan fingerprint density at radius 1 is 1.39 bits per heavy atom. The molecule has 1 aliphatic heterocycles. The molecule has 0 spiro atoms. The van der Waals surface area contributed by atoms with Crippen molar-refractivity contribution in [3.8, 4) is 0 Å². The molecule has 5 heteroatoms. The van der Waals surface area contributed by atoms with Gasteiger partial charge in [-0.2, -0.15) is 0 Å². The molecule has 0 saturated carbocycles. The molecule has 1 aromatic carbocycles. The van der Waals surface area contributed by atoms with Crippen LogP contribution in [0, 0.1) is 5.82 Å². The van der Waals surface area contributed by atoms with Gasteiger partial charge in [0.2, 0.25) is 11.8 Å². The van der Waals surface area contributed by atoms with Gasteiger partial charge in [-0.15, -0.1) is 0 Å². The fraction of sp³-hybridized carbons (Fsp3) is 0.231. The van der Waals surface area contributed by atoms with Gasteiger partial charge in [-0.05, 0) is 12.1 Å². The van der Waals surface area contributed by atoms with Crippen LogP contribution in [0.25, 0.3) is 6.08 Å². The van der Waals surface area contributed by atoms with E-state index in [9.17, 15) is 14.0 Å². The predicted octanol–water partition coefficient (Wildman–Crippen LogP) is 0.797. The fourth-order valence-electron chi connectivity index (χ4n) is 1.70. The number of rotatable bonds is 2. The van der Waals surface area contributed by atoms with E-state index in [1.807, 2.05) is 0 Å². The van der Waals surface area contributed by atoms with Crippen molar-refractivity contribution in [2.75, 3.05) is 19.6 Å². The highest BCUT2D eigenvalue weighted by Crippen LogP contribution is 2.08. The topological polar surface area (TPSA) is 49.4 Å². The van der Waals surface area contributed by atoms with E-state index in [-0.39, 0.29) is 24.2 Å². The van der Waals surface area contributed by atoms with Crippen LogP contribution >= 0.6 is 0 Å². The van der Waals surface area contributed by atoms with Crippen LogP contribution in [-0.2, 0) is 9.59 Å². The largest absolute Gasteiger partial charge is 0.353 e. The van der Waals surface area contributed by atoms with E-state index in [1.54, 1.807) is 18.2 Å². The first-order valence-electron chi connectivity index (χ1n) is 5.65. The summed E-state index contributed by atoms with van der Waals surface area (Å²) in [6.07, 6.45) is 2.71. The molecular formula is C13H13FN2O2. The first kappa shape index (κ1) is 12.3. The van der Waals surface area contributed by atoms with Gasteiger partial charge in [0.05, 0.1) is 6.54 Å². The molecule has 1 fully saturated rings. The molecule has 94 valence electrons. The van der Waals surface area contributed by atoms with Crippen molar-refractivity contribution in [1.29, 1.82) is 0 Å². The van der Waals surface area contributed by atoms with Gasteiger partial charge in [-0.25, -0.2) is 4.39 Å². The number of hydrogen-bond donors (Lipinski definition) is 1. The van der Waals surface area contributed by atoms with Crippen molar-refractivity contribution in [2.24, 2.45) is 0 Å². The Hall–Kier alpha value is -2.17. The first-order valence-corrected chi connectivity index (χ1v) is 5.65. The van der Waals surface area contributed by atoms with E-state index in [1.165, 1.54) is 23.1 Å². The molecule has 0 unspecified atom stereocenters. The maximum Gasteiger partial charge on any atom is 0.247 e. The summed E-state index contributed by atoms with van der Waals surface area (Å²) in [5.74, 6) is -0.833. The number of benzene rings is 1. The van der Waals surface area contributed by atoms with Crippen molar-refractivity contribution < 1.29 is 14.0 Å². The molecule has 2 rings (SSSR count). The average Bonchev–Trinajstić information content (AvgIpc) is 2.37. The van der Waals surface area contributed by atoms with Crippen LogP contribution in [0.2, 0.25) is 0 Å². The Labute approximate surface area is 104 Å². The van der Waals surface area contributed by atoms with Gasteiger partial charge in [0.1, 0.15) is 5.82 Å². The van der Waals surface area contributed by atoms with E-state index < -0.39 is 0 Å². The van der Waals surface area contributed by atoms with Crippen molar-refractivity contribution in [3.63, 3.8) is 0 Å². The Bertz CT molecular complexity index is 500. The Morgan fingerprint density at radius 2 is 2.17 bits per heavy atom. The normalized spacial score (nSPS) is 15.8. The molecule has 1 N–H and O–H groups in total. The maximum absolute atomic E-state index is 13.3. The zero-order valence-corrected chi connectivity index (χ0v) is 9.73. The molecule has 1 aromatic rings. The van der Waals surface area contributed by atoms with Gasteiger partial charge < -0.3 is 10.2 Å². The summed E-state index contributed by atoms with van der Waals surface area (Å²) in [7, 11) is 0. The molecule has 1 saturated heterocycles. The molecular weight excluding hydrogens is 235 g/mol. The minimum absolute atomic E-state index is 0.0560. The van der Waals surface area contributed by atoms with E-state index in [0.717, 1.165) is 0 Å². The van der Waals surface area contributed by atoms with Gasteiger partial charge in [-0.1, -0.05) is 18.2 Å². The van der Waals surface area contributed by atoms with E-state index in [4.69, 9.17) is 0 Å². The molecule has 2 amide bonds. The summed E-state index contributed by atoms with van der Waals surface area (Å²) in [6, 6.07) is 6.20. The summed E-state index contributed by atoms with van der Waals surface area (Å²) in [4.78, 5) is 24.3. The van der Waals surface area contributed by atoms with Gasteiger partial charge in [0.25, 0.3) is 0 Å². The average molecular weight is 248 g/mol. The number of nitrogens with one attached hydrogen (secondary N) is 1. The minimum Gasteiger partial charge on any atom is -0.353 e. The standard InChI is InChI=1S/C13H13FN2O2/c14-11-4-2-1-3-10(11)5-6-13(18)16-8-7-15-12(17)9-16/h1-6H,7-9H2,(H,15,17)/b6-5+. The zero-order valence-electron chi connectivity index (χ0n) is 9.73. The number of carbonyl (C=O) groups is 2. The molecule has 1 aliphatic rings. The lowest BCUT2D eigenvalue weighted by molar-refractivity contribution is -0.134. The highest BCUT2D eigenvalue weighted by Gasteiger charge is 2.18. The van der Waals surface area contributed by atoms with Gasteiger partial charge in [-0.3, -0.25) is 9.59 Å². The van der Waals surface area contributed by atoms with Crippen molar-refractivity contribution in [2.45, 2.75) is 0 Å². The molecule has 0 bridgehead atoms. The highest BCUT2D eigenvalue weighted by molar-refractivity contribution is 5.94. The van der Waals surface area contributed by atoms with Crippen molar-refractivity contribution >= 4 is 17.9 Å². The quantitative estimate of drug-likeness (QED) is 0.787. The number of carbonyl (C=O) groups excluding carboxylic acids is 2. The van der Waals surface area contributed by atoms with Gasteiger partial charge in [0, 0.05) is 24.7 Å². The van der Waals surface area contributed by atoms with Gasteiger partial charge >= 0.3 is 0 Å². The lowest BCUT2D eigenvalue weighted by Crippen LogP contribution is -2.49. The van der Waals surface area contributed by atoms with E-state index in [0.29, 0.717) is 18.7 Å². The third-order valence-electron chi connectivity index (χ3n) is 2.66. The number of nitrogens with zero attached hydrogens (tertiary/aromatic N) is 1. The Morgan fingerprint density at radius 3 is 2.89 bits per heavy atom. The Kier molecular flexibility index (Phi) is 3.72. The van der Waals surface area contributed by atoms with Crippen LogP contribution in [0.4, 0.5) is 4.39 Å². The number of halogens is 1. The SMILES string of the molecule is O=C1CN(C(=O)/C=C/c2ccccc2F)CCN1. The maximum atomic E-state index is 13.3. The van der Waals surface area contributed by atoms with Crippen LogP contribution < -0.4 is 5.32 Å². The van der Waals surface area contributed by atoms with E-state index >= 15 is 0 Å². The smallest absolute Gasteiger partial charge is 0.247 e. The molecule has 0 aromatic heterocycles. The third-order valence-corrected chi connectivity index (χ3v) is 2.66. The molecule has 0 aliphatic carbocycles. The third kappa shape index (κ3) is 2.94. The molecule has 0 atom stereocenters. The zero-order chi connectivity index (χ0) is 13.0. The second-order valence-corrected chi connectivity index (χ2v) is 3.96. The van der Waals surface area contributed by atoms with Crippen LogP contribution in [0.5, 0.6) is 0 Å².